The van der Waals surface area contributed by atoms with Gasteiger partial charge in [0.1, 0.15) is 0 Å². The minimum absolute atomic E-state index is 0.120. The zero-order valence-corrected chi connectivity index (χ0v) is 11.9. The molecule has 0 aliphatic rings. The zero-order chi connectivity index (χ0) is 14.7. The summed E-state index contributed by atoms with van der Waals surface area (Å²) in [6, 6.07) is 11.2. The van der Waals surface area contributed by atoms with E-state index in [1.807, 2.05) is 45.0 Å². The number of benzene rings is 2. The number of nitrogens with one attached hydrogen (secondary N) is 2. The van der Waals surface area contributed by atoms with Crippen molar-refractivity contribution in [3.05, 3.63) is 58.7 Å². The fraction of sp³-hybridized carbons (Fsp3) is 0.188. The van der Waals surface area contributed by atoms with Crippen molar-refractivity contribution in [1.29, 1.82) is 0 Å². The Kier molecular flexibility index (Phi) is 4.05. The van der Waals surface area contributed by atoms with Gasteiger partial charge in [-0.2, -0.15) is 0 Å². The van der Waals surface area contributed by atoms with E-state index in [4.69, 9.17) is 5.84 Å². The number of aryl methyl sites for hydroxylation is 2. The van der Waals surface area contributed by atoms with Gasteiger partial charge in [-0.05, 0) is 61.7 Å². The molecule has 2 rings (SSSR count). The quantitative estimate of drug-likeness (QED) is 0.592. The van der Waals surface area contributed by atoms with E-state index < -0.39 is 0 Å². The third kappa shape index (κ3) is 2.81. The maximum Gasteiger partial charge on any atom is 0.255 e. The van der Waals surface area contributed by atoms with Crippen LogP contribution >= 0.6 is 0 Å². The van der Waals surface area contributed by atoms with Gasteiger partial charge in [-0.1, -0.05) is 12.1 Å². The standard InChI is InChI=1S/C16H19N3O/c1-10-5-4-6-15(12(10)3)18-16(20)13-7-8-14(19-17)11(2)9-13/h4-9,19H,17H2,1-3H3,(H,18,20). The van der Waals surface area contributed by atoms with E-state index in [1.165, 1.54) is 0 Å². The summed E-state index contributed by atoms with van der Waals surface area (Å²) in [6.07, 6.45) is 0. The SMILES string of the molecule is Cc1cc(C(=O)Nc2cccc(C)c2C)ccc1NN. The molecule has 4 heteroatoms. The highest BCUT2D eigenvalue weighted by atomic mass is 16.1. The average Bonchev–Trinajstić information content (AvgIpc) is 2.43. The van der Waals surface area contributed by atoms with Crippen LogP contribution in [0.3, 0.4) is 0 Å². The van der Waals surface area contributed by atoms with Gasteiger partial charge in [0.05, 0.1) is 5.69 Å². The number of carbonyl (C=O) groups is 1. The maximum absolute atomic E-state index is 12.3. The van der Waals surface area contributed by atoms with Crippen LogP contribution in [0.25, 0.3) is 0 Å². The second-order valence-electron chi connectivity index (χ2n) is 4.88. The summed E-state index contributed by atoms with van der Waals surface area (Å²) in [4.78, 5) is 12.3. The first kappa shape index (κ1) is 14.1. The fourth-order valence-electron chi connectivity index (χ4n) is 2.05. The summed E-state index contributed by atoms with van der Waals surface area (Å²) in [6.45, 7) is 5.93. The topological polar surface area (TPSA) is 67.2 Å². The molecule has 0 aliphatic carbocycles. The van der Waals surface area contributed by atoms with E-state index in [0.717, 1.165) is 28.1 Å². The second kappa shape index (κ2) is 5.75. The van der Waals surface area contributed by atoms with Crippen LogP contribution in [0.15, 0.2) is 36.4 Å². The molecule has 20 heavy (non-hydrogen) atoms. The third-order valence-electron chi connectivity index (χ3n) is 3.50. The molecule has 0 aliphatic heterocycles. The van der Waals surface area contributed by atoms with Gasteiger partial charge >= 0.3 is 0 Å². The van der Waals surface area contributed by atoms with Crippen molar-refractivity contribution in [3.63, 3.8) is 0 Å². The van der Waals surface area contributed by atoms with Crippen molar-refractivity contribution in [2.75, 3.05) is 10.7 Å². The number of amides is 1. The number of hydrazine groups is 1. The Bertz CT molecular complexity index is 650. The Morgan fingerprint density at radius 1 is 1.00 bits per heavy atom. The van der Waals surface area contributed by atoms with Crippen LogP contribution in [-0.4, -0.2) is 5.91 Å². The minimum Gasteiger partial charge on any atom is -0.324 e. The molecule has 0 spiro atoms. The molecule has 0 saturated heterocycles. The highest BCUT2D eigenvalue weighted by Gasteiger charge is 2.09. The zero-order valence-electron chi connectivity index (χ0n) is 11.9. The molecule has 0 saturated carbocycles. The van der Waals surface area contributed by atoms with E-state index in [9.17, 15) is 4.79 Å². The lowest BCUT2D eigenvalue weighted by molar-refractivity contribution is 0.102. The molecule has 4 N–H and O–H groups in total. The first-order chi connectivity index (χ1) is 9.52. The Morgan fingerprint density at radius 2 is 1.75 bits per heavy atom. The van der Waals surface area contributed by atoms with Gasteiger partial charge in [-0.15, -0.1) is 0 Å². The second-order valence-corrected chi connectivity index (χ2v) is 4.88. The fourth-order valence-corrected chi connectivity index (χ4v) is 2.05. The summed E-state index contributed by atoms with van der Waals surface area (Å²) in [5.41, 5.74) is 8.03. The Labute approximate surface area is 119 Å². The minimum atomic E-state index is -0.120. The van der Waals surface area contributed by atoms with E-state index in [2.05, 4.69) is 10.7 Å². The number of hydrogen-bond donors (Lipinski definition) is 3. The van der Waals surface area contributed by atoms with Gasteiger partial charge in [0.2, 0.25) is 0 Å². The maximum atomic E-state index is 12.3. The molecule has 2 aromatic carbocycles. The molecule has 2 aromatic rings. The predicted molar refractivity (Wildman–Crippen MR) is 82.9 cm³/mol. The molecule has 0 unspecified atom stereocenters. The molecule has 0 radical (unpaired) electrons. The Balaban J connectivity index is 2.24. The van der Waals surface area contributed by atoms with Crippen molar-refractivity contribution in [1.82, 2.24) is 0 Å². The summed E-state index contributed by atoms with van der Waals surface area (Å²) in [5.74, 6) is 5.27. The third-order valence-corrected chi connectivity index (χ3v) is 3.50. The Morgan fingerprint density at radius 3 is 2.40 bits per heavy atom. The molecule has 0 atom stereocenters. The monoisotopic (exact) mass is 269 g/mol. The number of anilines is 2. The van der Waals surface area contributed by atoms with E-state index >= 15 is 0 Å². The van der Waals surface area contributed by atoms with Crippen LogP contribution < -0.4 is 16.6 Å². The summed E-state index contributed by atoms with van der Waals surface area (Å²) < 4.78 is 0. The van der Waals surface area contributed by atoms with Gasteiger partial charge in [-0.3, -0.25) is 10.6 Å². The normalized spacial score (nSPS) is 10.2. The lowest BCUT2D eigenvalue weighted by atomic mass is 10.1. The smallest absolute Gasteiger partial charge is 0.255 e. The number of nitrogen functional groups attached to an aromatic ring is 1. The van der Waals surface area contributed by atoms with Gasteiger partial charge < -0.3 is 10.7 Å². The molecule has 0 bridgehead atoms. The van der Waals surface area contributed by atoms with Crippen molar-refractivity contribution < 1.29 is 4.79 Å². The number of rotatable bonds is 3. The van der Waals surface area contributed by atoms with Gasteiger partial charge in [0.25, 0.3) is 5.91 Å². The van der Waals surface area contributed by atoms with Crippen molar-refractivity contribution in [3.8, 4) is 0 Å². The van der Waals surface area contributed by atoms with Crippen molar-refractivity contribution >= 4 is 17.3 Å². The highest BCUT2D eigenvalue weighted by molar-refractivity contribution is 6.05. The molecule has 4 nitrogen and oxygen atoms in total. The molecule has 1 amide bonds. The van der Waals surface area contributed by atoms with Gasteiger partial charge in [0.15, 0.2) is 0 Å². The first-order valence-electron chi connectivity index (χ1n) is 6.47. The largest absolute Gasteiger partial charge is 0.324 e. The number of hydrogen-bond acceptors (Lipinski definition) is 3. The van der Waals surface area contributed by atoms with Crippen LogP contribution in [0.2, 0.25) is 0 Å². The van der Waals surface area contributed by atoms with Crippen molar-refractivity contribution in [2.45, 2.75) is 20.8 Å². The highest BCUT2D eigenvalue weighted by Crippen LogP contribution is 2.20. The molecule has 104 valence electrons. The molecule has 0 heterocycles. The molecular weight excluding hydrogens is 250 g/mol. The molecule has 0 aromatic heterocycles. The van der Waals surface area contributed by atoms with Crippen LogP contribution in [0.5, 0.6) is 0 Å². The number of nitrogens with two attached hydrogens (primary N) is 1. The van der Waals surface area contributed by atoms with Crippen LogP contribution in [-0.2, 0) is 0 Å². The van der Waals surface area contributed by atoms with Gasteiger partial charge in [0, 0.05) is 11.3 Å². The average molecular weight is 269 g/mol. The lowest BCUT2D eigenvalue weighted by Crippen LogP contribution is -2.14. The summed E-state index contributed by atoms with van der Waals surface area (Å²) in [7, 11) is 0. The summed E-state index contributed by atoms with van der Waals surface area (Å²) in [5, 5.41) is 2.94. The lowest BCUT2D eigenvalue weighted by Gasteiger charge is -2.11. The molecule has 0 fully saturated rings. The van der Waals surface area contributed by atoms with Crippen LogP contribution in [0.1, 0.15) is 27.0 Å². The summed E-state index contributed by atoms with van der Waals surface area (Å²) >= 11 is 0. The van der Waals surface area contributed by atoms with Crippen LogP contribution in [0, 0.1) is 20.8 Å². The van der Waals surface area contributed by atoms with Gasteiger partial charge in [-0.25, -0.2) is 0 Å². The molecular formula is C16H19N3O. The van der Waals surface area contributed by atoms with E-state index in [-0.39, 0.29) is 5.91 Å². The number of carbonyl (C=O) groups excluding carboxylic acids is 1. The predicted octanol–water partition coefficient (Wildman–Crippen LogP) is 3.15. The first-order valence-corrected chi connectivity index (χ1v) is 6.47. The Hall–Kier alpha value is -2.33. The van der Waals surface area contributed by atoms with Crippen LogP contribution in [0.4, 0.5) is 11.4 Å². The van der Waals surface area contributed by atoms with Crippen molar-refractivity contribution in [2.24, 2.45) is 5.84 Å². The van der Waals surface area contributed by atoms with E-state index in [0.29, 0.717) is 5.56 Å². The van der Waals surface area contributed by atoms with E-state index in [1.54, 1.807) is 12.1 Å².